The molecule has 0 radical (unpaired) electrons. The summed E-state index contributed by atoms with van der Waals surface area (Å²) in [4.78, 5) is 119. The van der Waals surface area contributed by atoms with Gasteiger partial charge in [-0.05, 0) is 43.4 Å². The molecule has 8 bridgehead atoms. The van der Waals surface area contributed by atoms with Gasteiger partial charge in [0.25, 0.3) is 0 Å². The van der Waals surface area contributed by atoms with Gasteiger partial charge in [-0.2, -0.15) is 5.70 Å². The number of nitrogens with one attached hydrogen (secondary N) is 1. The van der Waals surface area contributed by atoms with Crippen molar-refractivity contribution < 1.29 is 80.4 Å². The van der Waals surface area contributed by atoms with Gasteiger partial charge in [0, 0.05) is 112 Å². The number of rotatable bonds is 15. The Morgan fingerprint density at radius 2 is 1.44 bits per heavy atom. The van der Waals surface area contributed by atoms with Gasteiger partial charge in [0.15, 0.2) is 5.78 Å². The summed E-state index contributed by atoms with van der Waals surface area (Å²) < 4.78 is 0. The van der Waals surface area contributed by atoms with Crippen molar-refractivity contribution in [3.8, 4) is 0 Å². The molecule has 0 unspecified atom stereocenters. The molecule has 0 aromatic carbocycles. The minimum atomic E-state index is -1.47. The third kappa shape index (κ3) is 8.19. The van der Waals surface area contributed by atoms with E-state index in [2.05, 4.69) is 5.32 Å². The molecule has 8 N–H and O–H groups in total. The van der Waals surface area contributed by atoms with Gasteiger partial charge in [0.2, 0.25) is 11.8 Å². The number of ketones is 1. The van der Waals surface area contributed by atoms with E-state index in [9.17, 15) is 63.9 Å². The number of carbonyl (C=O) groups excluding carboxylic acids is 3. The molecule has 6 aliphatic heterocycles. The van der Waals surface area contributed by atoms with Crippen molar-refractivity contribution in [1.82, 2.24) is 5.32 Å². The zero-order valence-corrected chi connectivity index (χ0v) is 37.1. The Morgan fingerprint density at radius 1 is 0.812 bits per heavy atom. The van der Waals surface area contributed by atoms with Gasteiger partial charge in [0.05, 0.1) is 30.6 Å². The summed E-state index contributed by atoms with van der Waals surface area (Å²) >= 11 is 0. The van der Waals surface area contributed by atoms with Gasteiger partial charge in [-0.15, -0.1) is 5.70 Å². The molecule has 19 nitrogen and oxygen atoms in total. The Kier molecular flexibility index (Phi) is 13.0. The van der Waals surface area contributed by atoms with E-state index in [1.807, 2.05) is 13.8 Å². The largest absolute Gasteiger partial charge is 0.664 e. The van der Waals surface area contributed by atoms with Crippen LogP contribution in [0.2, 0.25) is 0 Å². The number of nitrogens with two attached hydrogens (primary N) is 1. The van der Waals surface area contributed by atoms with Crippen molar-refractivity contribution in [2.24, 2.45) is 72.5 Å². The third-order valence-corrected chi connectivity index (χ3v) is 15.5. The van der Waals surface area contributed by atoms with Crippen molar-refractivity contribution in [3.05, 3.63) is 28.4 Å². The minimum Gasteiger partial charge on any atom is -0.664 e. The fraction of sp³-hybridized carbons (Fsp3) is 0.659. The Balaban J connectivity index is 0.00000680. The predicted octanol–water partition coefficient (Wildman–Crippen LogP) is 3.75. The van der Waals surface area contributed by atoms with Gasteiger partial charge < -0.3 is 41.9 Å². The Labute approximate surface area is 378 Å². The quantitative estimate of drug-likeness (QED) is 0.115. The molecule has 0 aromatic rings. The van der Waals surface area contributed by atoms with Crippen molar-refractivity contribution >= 4 is 64.6 Å². The maximum absolute atomic E-state index is 14.7. The first kappa shape index (κ1) is 48.2. The Morgan fingerprint density at radius 3 is 2.05 bits per heavy atom. The molecule has 1 saturated carbocycles. The van der Waals surface area contributed by atoms with Crippen LogP contribution in [0.4, 0.5) is 0 Å². The van der Waals surface area contributed by atoms with Gasteiger partial charge >= 0.3 is 29.8 Å². The van der Waals surface area contributed by atoms with E-state index in [4.69, 9.17) is 26.0 Å². The zero-order valence-electron chi connectivity index (χ0n) is 36.1. The summed E-state index contributed by atoms with van der Waals surface area (Å²) in [6.45, 7) is 7.14. The topological polar surface area (TPSA) is 327 Å². The van der Waals surface area contributed by atoms with E-state index < -0.39 is 118 Å². The fourth-order valence-electron chi connectivity index (χ4n) is 12.7. The number of hydrogen-bond donors (Lipinski definition) is 7. The molecule has 1 aliphatic carbocycles. The smallest absolute Gasteiger partial charge is 0.303 e. The molecule has 1 spiro atoms. The average Bonchev–Trinajstić information content (AvgIpc) is 3.82. The Bertz CT molecular complexity index is 2250. The molecule has 2 saturated heterocycles. The van der Waals surface area contributed by atoms with Crippen LogP contribution in [0.1, 0.15) is 111 Å². The molecule has 20 heteroatoms. The van der Waals surface area contributed by atoms with Crippen LogP contribution < -0.4 is 11.1 Å². The number of Topliss-reactive ketones (excluding diaryl/α,β-unsaturated/α-hetero) is 1. The molecule has 7 aliphatic rings. The fourth-order valence-corrected chi connectivity index (χ4v) is 12.7. The number of aliphatic carboxylic acids is 5. The van der Waals surface area contributed by atoms with E-state index in [1.165, 1.54) is 0 Å². The summed E-state index contributed by atoms with van der Waals surface area (Å²) in [7, 11) is 0. The number of nitrogens with zero attached hydrogens (tertiary/aromatic N) is 4. The molecule has 2 amide bonds. The first-order valence-corrected chi connectivity index (χ1v) is 21.6. The van der Waals surface area contributed by atoms with Crippen molar-refractivity contribution in [3.63, 3.8) is 0 Å². The molecule has 3 fully saturated rings. The second-order valence-corrected chi connectivity index (χ2v) is 19.5. The van der Waals surface area contributed by atoms with Crippen LogP contribution in [0.3, 0.4) is 0 Å². The number of aliphatic imine (C=N–C) groups is 3. The summed E-state index contributed by atoms with van der Waals surface area (Å²) in [5.41, 5.74) is 2.50. The molecule has 64 heavy (non-hydrogen) atoms. The summed E-state index contributed by atoms with van der Waals surface area (Å²) in [5, 5.41) is 58.6. The molecule has 0 aromatic heterocycles. The molecule has 6 heterocycles. The summed E-state index contributed by atoms with van der Waals surface area (Å²) in [6, 6.07) is -1.64. The third-order valence-electron chi connectivity index (χ3n) is 15.5. The van der Waals surface area contributed by atoms with Crippen LogP contribution in [-0.4, -0.2) is 108 Å². The van der Waals surface area contributed by atoms with Crippen LogP contribution in [0.5, 0.6) is 0 Å². The van der Waals surface area contributed by atoms with E-state index in [0.29, 0.717) is 11.4 Å². The maximum atomic E-state index is 14.7. The number of allylic oxidation sites excluding steroid dienone is 4. The van der Waals surface area contributed by atoms with Gasteiger partial charge in [-0.1, -0.05) is 33.8 Å². The molecular weight excluding hydrogens is 879 g/mol. The van der Waals surface area contributed by atoms with Crippen molar-refractivity contribution in [2.45, 2.75) is 129 Å². The minimum absolute atomic E-state index is 0. The van der Waals surface area contributed by atoms with E-state index in [1.54, 1.807) is 19.9 Å². The van der Waals surface area contributed by atoms with E-state index >= 15 is 0 Å². The van der Waals surface area contributed by atoms with Crippen LogP contribution in [0.15, 0.2) is 38.0 Å². The standard InChI is InChI=1S/C44H56N6O13.Ni/c1-19-15-42(3)24(12-36(61)62)26-14-29-41(2,17-30(45)51)22(6-9-33(55)56)28(46-29)16-44-43(4,18-31(52)50-44)23(7-10-34(57)58)27(49-44)13-25-21(11-35(59)60)20(5-8-32(53)54)38(47-25)37(39(19)63)40(42)48-26;/h13,19-24,26,28H,5-12,14-18H2,1-4H3,(H9,45,47,48,49,50,51,52,53,54,55,56,57,58,59,60,61,62,63);/p-1/t19-,20-,21-,22+,23+,24+,26+,28-,41-,42-,43-,44-;/m0./s1. The van der Waals surface area contributed by atoms with Crippen LogP contribution in [-0.2, 0) is 54.8 Å². The normalized spacial score (nSPS) is 38.9. The van der Waals surface area contributed by atoms with Crippen LogP contribution >= 0.6 is 0 Å². The first-order chi connectivity index (χ1) is 29.4. The molecule has 350 valence electrons. The molecule has 12 atom stereocenters. The SMILES string of the molecule is C[C@H]1C[C@]2(C)C3=N[C@H](CC4=N[C@@H](C[C@@]56N=C(/C=C7\[N-]/C(=C\3C1=O)[C@@H](CCC(=O)O)[C@@H]7CC(=O)O)[C@@H](CCC(=O)O)[C@]5(C)CC(=O)N6)[C@@H](CCC(=O)O)[C@]4(C)CC(N)=O)[C@H]2CC(=O)O.[Ni]. The van der Waals surface area contributed by atoms with Crippen LogP contribution in [0, 0.1) is 51.8 Å². The number of fused-ring (bicyclic) bond motifs is 4. The number of carbonyl (C=O) groups is 8. The summed E-state index contributed by atoms with van der Waals surface area (Å²) in [5.74, 6) is -11.9. The summed E-state index contributed by atoms with van der Waals surface area (Å²) in [6.07, 6.45) is -0.614. The number of carboxylic acids is 5. The maximum Gasteiger partial charge on any atom is 0.303 e. The second-order valence-electron chi connectivity index (χ2n) is 19.5. The second kappa shape index (κ2) is 17.3. The molecule has 7 rings (SSSR count). The average molecular weight is 935 g/mol. The monoisotopic (exact) mass is 933 g/mol. The van der Waals surface area contributed by atoms with Gasteiger partial charge in [0.1, 0.15) is 5.66 Å². The first-order valence-electron chi connectivity index (χ1n) is 21.6. The van der Waals surface area contributed by atoms with Crippen LogP contribution in [0.25, 0.3) is 5.32 Å². The van der Waals surface area contributed by atoms with Gasteiger partial charge in [-0.25, -0.2) is 0 Å². The zero-order chi connectivity index (χ0) is 46.1. The van der Waals surface area contributed by atoms with Crippen molar-refractivity contribution in [2.75, 3.05) is 0 Å². The van der Waals surface area contributed by atoms with E-state index in [0.717, 1.165) is 0 Å². The number of primary amides is 1. The molecular formula is C44H55N6NiO13-. The number of hydrogen-bond acceptors (Lipinski definition) is 11. The van der Waals surface area contributed by atoms with E-state index in [-0.39, 0.29) is 121 Å². The van der Waals surface area contributed by atoms with Crippen molar-refractivity contribution in [1.29, 1.82) is 0 Å². The number of amides is 2. The number of carboxylic acid groups (broad SMARTS) is 5. The van der Waals surface area contributed by atoms with Gasteiger partial charge in [-0.3, -0.25) is 53.3 Å². The Hall–Kier alpha value is -5.26. The predicted molar refractivity (Wildman–Crippen MR) is 223 cm³/mol.